The lowest BCUT2D eigenvalue weighted by Crippen LogP contribution is -2.49. The van der Waals surface area contributed by atoms with Gasteiger partial charge >= 0.3 is 0 Å². The minimum Gasteiger partial charge on any atom is -0.344 e. The Morgan fingerprint density at radius 1 is 1.06 bits per heavy atom. The first-order valence-corrected chi connectivity index (χ1v) is 10.6. The van der Waals surface area contributed by atoms with Crippen molar-refractivity contribution < 1.29 is 19.6 Å². The van der Waals surface area contributed by atoms with Gasteiger partial charge in [0.05, 0.1) is 12.5 Å². The normalized spacial score (nSPS) is 12.5. The Labute approximate surface area is 183 Å². The molecule has 31 heavy (non-hydrogen) atoms. The second-order valence-corrected chi connectivity index (χ2v) is 7.67. The lowest BCUT2D eigenvalue weighted by atomic mass is 9.99. The maximum absolute atomic E-state index is 13.0. The molecule has 3 amide bonds. The van der Waals surface area contributed by atoms with Gasteiger partial charge in [-0.3, -0.25) is 19.6 Å². The summed E-state index contributed by atoms with van der Waals surface area (Å²) in [7, 11) is 0. The molecule has 3 N–H and O–H groups in total. The number of aryl methyl sites for hydroxylation is 1. The molecule has 0 saturated heterocycles. The van der Waals surface area contributed by atoms with E-state index in [4.69, 9.17) is 0 Å². The van der Waals surface area contributed by atoms with Crippen LogP contribution in [0.1, 0.15) is 37.3 Å². The number of rotatable bonds is 12. The zero-order valence-corrected chi connectivity index (χ0v) is 18.1. The molecule has 2 rings (SSSR count). The number of carbonyl (C=O) groups is 3. The third-order valence-electron chi connectivity index (χ3n) is 5.04. The van der Waals surface area contributed by atoms with E-state index in [-0.39, 0.29) is 24.8 Å². The van der Waals surface area contributed by atoms with Crippen LogP contribution in [0.25, 0.3) is 0 Å². The zero-order chi connectivity index (χ0) is 22.6. The molecule has 2 aromatic rings. The van der Waals surface area contributed by atoms with Gasteiger partial charge in [0, 0.05) is 12.1 Å². The topological polar surface area (TPSA) is 98.7 Å². The highest BCUT2D eigenvalue weighted by molar-refractivity contribution is 5.97. The Morgan fingerprint density at radius 3 is 2.35 bits per heavy atom. The van der Waals surface area contributed by atoms with Crippen LogP contribution in [0.2, 0.25) is 0 Å². The summed E-state index contributed by atoms with van der Waals surface area (Å²) in [6, 6.07) is 16.1. The van der Waals surface area contributed by atoms with E-state index in [0.29, 0.717) is 23.6 Å². The Hall–Kier alpha value is -3.19. The van der Waals surface area contributed by atoms with Crippen molar-refractivity contribution in [2.75, 3.05) is 11.9 Å². The lowest BCUT2D eigenvalue weighted by Gasteiger charge is -2.24. The van der Waals surface area contributed by atoms with Gasteiger partial charge in [-0.05, 0) is 31.0 Å². The van der Waals surface area contributed by atoms with Crippen molar-refractivity contribution in [3.8, 4) is 0 Å². The Morgan fingerprint density at radius 2 is 1.74 bits per heavy atom. The molecule has 0 aromatic heterocycles. The highest BCUT2D eigenvalue weighted by atomic mass is 16.5. The van der Waals surface area contributed by atoms with Crippen LogP contribution in [0.15, 0.2) is 54.6 Å². The molecule has 0 heterocycles. The second-order valence-electron chi connectivity index (χ2n) is 7.67. The molecule has 0 fully saturated rings. The zero-order valence-electron chi connectivity index (χ0n) is 18.1. The van der Waals surface area contributed by atoms with E-state index in [0.717, 1.165) is 24.0 Å². The molecule has 166 valence electrons. The summed E-state index contributed by atoms with van der Waals surface area (Å²) in [4.78, 5) is 36.8. The van der Waals surface area contributed by atoms with Gasteiger partial charge in [0.1, 0.15) is 6.04 Å². The number of nitrogens with one attached hydrogen (secondary N) is 2. The van der Waals surface area contributed by atoms with E-state index >= 15 is 0 Å². The van der Waals surface area contributed by atoms with Gasteiger partial charge in [-0.2, -0.15) is 0 Å². The highest BCUT2D eigenvalue weighted by Crippen LogP contribution is 2.14. The van der Waals surface area contributed by atoms with Crippen molar-refractivity contribution in [1.82, 2.24) is 10.4 Å². The predicted octanol–water partition coefficient (Wildman–Crippen LogP) is 3.32. The number of carbonyl (C=O) groups excluding carboxylic acids is 3. The van der Waals surface area contributed by atoms with E-state index in [1.807, 2.05) is 68.4 Å². The van der Waals surface area contributed by atoms with Crippen molar-refractivity contribution in [2.45, 2.75) is 45.6 Å². The standard InChI is InChI=1S/C24H31N3O4/c1-3-4-10-20(16-27(31)17-28)23(29)26-22(15-19-8-6-5-7-9-19)24(30)25-21-13-11-18(2)12-14-21/h5-9,11-14,17,20,22,31H,3-4,10,15-16H2,1-2H3,(H,25,30)(H,26,29)/t20-,22+/m1/s1. The maximum Gasteiger partial charge on any atom is 0.247 e. The first-order chi connectivity index (χ1) is 14.9. The highest BCUT2D eigenvalue weighted by Gasteiger charge is 2.27. The lowest BCUT2D eigenvalue weighted by molar-refractivity contribution is -0.155. The summed E-state index contributed by atoms with van der Waals surface area (Å²) in [6.07, 6.45) is 2.74. The molecule has 7 nitrogen and oxygen atoms in total. The maximum atomic E-state index is 13.0. The van der Waals surface area contributed by atoms with Gasteiger partial charge in [0.25, 0.3) is 0 Å². The quantitative estimate of drug-likeness (QED) is 0.276. The summed E-state index contributed by atoms with van der Waals surface area (Å²) >= 11 is 0. The summed E-state index contributed by atoms with van der Waals surface area (Å²) in [5.41, 5.74) is 2.64. The number of hydroxylamine groups is 2. The van der Waals surface area contributed by atoms with Gasteiger partial charge in [-0.15, -0.1) is 0 Å². The van der Waals surface area contributed by atoms with Gasteiger partial charge in [0.2, 0.25) is 18.2 Å². The van der Waals surface area contributed by atoms with Gasteiger partial charge in [0.15, 0.2) is 0 Å². The SMILES string of the molecule is CCCC[C@H](CN(O)C=O)C(=O)N[C@@H](Cc1ccccc1)C(=O)Nc1ccc(C)cc1. The van der Waals surface area contributed by atoms with Crippen molar-refractivity contribution in [3.05, 3.63) is 65.7 Å². The van der Waals surface area contributed by atoms with Crippen LogP contribution in [-0.4, -0.2) is 41.1 Å². The molecule has 7 heteroatoms. The summed E-state index contributed by atoms with van der Waals surface area (Å²) in [5.74, 6) is -1.30. The first-order valence-electron chi connectivity index (χ1n) is 10.6. The number of hydrogen-bond donors (Lipinski definition) is 3. The van der Waals surface area contributed by atoms with Crippen LogP contribution < -0.4 is 10.6 Å². The molecular weight excluding hydrogens is 394 g/mol. The number of hydrogen-bond acceptors (Lipinski definition) is 4. The van der Waals surface area contributed by atoms with Crippen LogP contribution in [0.3, 0.4) is 0 Å². The van der Waals surface area contributed by atoms with Gasteiger partial charge in [-0.1, -0.05) is 67.8 Å². The minimum absolute atomic E-state index is 0.118. The Bertz CT molecular complexity index is 840. The summed E-state index contributed by atoms with van der Waals surface area (Å²) in [6.45, 7) is 3.84. The first kappa shape index (κ1) is 24.1. The summed E-state index contributed by atoms with van der Waals surface area (Å²) < 4.78 is 0. The van der Waals surface area contributed by atoms with Crippen LogP contribution in [0.4, 0.5) is 5.69 Å². The minimum atomic E-state index is -0.802. The third-order valence-corrected chi connectivity index (χ3v) is 5.04. The molecule has 0 aliphatic heterocycles. The number of benzene rings is 2. The molecule has 0 aliphatic rings. The molecular formula is C24H31N3O4. The average molecular weight is 426 g/mol. The number of nitrogens with zero attached hydrogens (tertiary/aromatic N) is 1. The number of amides is 3. The van der Waals surface area contributed by atoms with Gasteiger partial charge in [-0.25, -0.2) is 5.06 Å². The number of unbranched alkanes of at least 4 members (excludes halogenated alkanes) is 1. The smallest absolute Gasteiger partial charge is 0.247 e. The van der Waals surface area contributed by atoms with Crippen LogP contribution in [-0.2, 0) is 20.8 Å². The summed E-state index contributed by atoms with van der Waals surface area (Å²) in [5, 5.41) is 15.7. The average Bonchev–Trinajstić information content (AvgIpc) is 2.78. The molecule has 0 bridgehead atoms. The van der Waals surface area contributed by atoms with Crippen LogP contribution in [0, 0.1) is 12.8 Å². The van der Waals surface area contributed by atoms with Crippen molar-refractivity contribution in [2.24, 2.45) is 5.92 Å². The fraction of sp³-hybridized carbons (Fsp3) is 0.375. The largest absolute Gasteiger partial charge is 0.344 e. The van der Waals surface area contributed by atoms with Gasteiger partial charge < -0.3 is 10.6 Å². The fourth-order valence-corrected chi connectivity index (χ4v) is 3.24. The second kappa shape index (κ2) is 12.5. The van der Waals surface area contributed by atoms with E-state index < -0.39 is 12.0 Å². The molecule has 2 atom stereocenters. The molecule has 0 radical (unpaired) electrons. The van der Waals surface area contributed by atoms with Crippen LogP contribution >= 0.6 is 0 Å². The Kier molecular flexibility index (Phi) is 9.71. The molecule has 0 unspecified atom stereocenters. The van der Waals surface area contributed by atoms with E-state index in [9.17, 15) is 19.6 Å². The van der Waals surface area contributed by atoms with E-state index in [1.54, 1.807) is 0 Å². The van der Waals surface area contributed by atoms with Crippen molar-refractivity contribution in [1.29, 1.82) is 0 Å². The monoisotopic (exact) mass is 425 g/mol. The van der Waals surface area contributed by atoms with Crippen molar-refractivity contribution >= 4 is 23.9 Å². The van der Waals surface area contributed by atoms with Crippen molar-refractivity contribution in [3.63, 3.8) is 0 Å². The van der Waals surface area contributed by atoms with Crippen LogP contribution in [0.5, 0.6) is 0 Å². The van der Waals surface area contributed by atoms with E-state index in [2.05, 4.69) is 10.6 Å². The van der Waals surface area contributed by atoms with E-state index in [1.165, 1.54) is 0 Å². The predicted molar refractivity (Wildman–Crippen MR) is 119 cm³/mol. The number of anilines is 1. The fourth-order valence-electron chi connectivity index (χ4n) is 3.24. The molecule has 0 spiro atoms. The Balaban J connectivity index is 2.17. The molecule has 2 aromatic carbocycles. The third kappa shape index (κ3) is 8.22. The molecule has 0 aliphatic carbocycles. The molecule has 0 saturated carbocycles.